The molecule has 0 fully saturated rings. The number of carbonyl (C=O) groups is 1. The summed E-state index contributed by atoms with van der Waals surface area (Å²) >= 11 is 6.15. The Labute approximate surface area is 163 Å². The Hall–Kier alpha value is -2.66. The van der Waals surface area contributed by atoms with Gasteiger partial charge in [-0.3, -0.25) is 4.79 Å². The van der Waals surface area contributed by atoms with Gasteiger partial charge < -0.3 is 9.84 Å². The molecule has 0 aliphatic heterocycles. The number of amides is 1. The minimum atomic E-state index is -0.398. The van der Waals surface area contributed by atoms with Gasteiger partial charge in [-0.1, -0.05) is 79.0 Å². The summed E-state index contributed by atoms with van der Waals surface area (Å²) in [6.45, 7) is 6.11. The van der Waals surface area contributed by atoms with Crippen LogP contribution in [-0.4, -0.2) is 16.0 Å². The highest BCUT2D eigenvalue weighted by molar-refractivity contribution is 6.33. The van der Waals surface area contributed by atoms with Gasteiger partial charge in [0.15, 0.2) is 0 Å². The Morgan fingerprint density at radius 3 is 2.56 bits per heavy atom. The Kier molecular flexibility index (Phi) is 5.91. The summed E-state index contributed by atoms with van der Waals surface area (Å²) in [7, 11) is 0. The van der Waals surface area contributed by atoms with Crippen LogP contribution in [0.3, 0.4) is 0 Å². The Morgan fingerprint density at radius 2 is 1.89 bits per heavy atom. The molecule has 27 heavy (non-hydrogen) atoms. The topological polar surface area (TPSA) is 68.0 Å². The van der Waals surface area contributed by atoms with Gasteiger partial charge in [-0.05, 0) is 25.0 Å². The third-order valence-electron chi connectivity index (χ3n) is 4.64. The third-order valence-corrected chi connectivity index (χ3v) is 4.97. The van der Waals surface area contributed by atoms with E-state index in [1.165, 1.54) is 0 Å². The predicted octanol–water partition coefficient (Wildman–Crippen LogP) is 5.22. The zero-order chi connectivity index (χ0) is 19.4. The summed E-state index contributed by atoms with van der Waals surface area (Å²) < 4.78 is 5.49. The maximum Gasteiger partial charge on any atom is 0.253 e. The molecule has 140 valence electrons. The quantitative estimate of drug-likeness (QED) is 0.633. The molecule has 2 unspecified atom stereocenters. The van der Waals surface area contributed by atoms with Crippen molar-refractivity contribution in [2.45, 2.75) is 33.2 Å². The highest BCUT2D eigenvalue weighted by Gasteiger charge is 2.27. The van der Waals surface area contributed by atoms with E-state index in [2.05, 4.69) is 22.4 Å². The van der Waals surface area contributed by atoms with E-state index in [1.807, 2.05) is 38.1 Å². The van der Waals surface area contributed by atoms with Gasteiger partial charge in [0.2, 0.25) is 11.7 Å². The zero-order valence-electron chi connectivity index (χ0n) is 15.6. The number of aryl methyl sites for hydroxylation is 1. The summed E-state index contributed by atoms with van der Waals surface area (Å²) in [5.41, 5.74) is 2.45. The molecule has 3 aromatic rings. The molecule has 0 saturated heterocycles. The van der Waals surface area contributed by atoms with Crippen molar-refractivity contribution in [3.8, 4) is 11.4 Å². The lowest BCUT2D eigenvalue weighted by Crippen LogP contribution is -2.33. The van der Waals surface area contributed by atoms with E-state index in [0.29, 0.717) is 22.3 Å². The third kappa shape index (κ3) is 4.37. The molecule has 0 saturated carbocycles. The van der Waals surface area contributed by atoms with E-state index >= 15 is 0 Å². The average Bonchev–Trinajstić information content (AvgIpc) is 3.16. The fourth-order valence-corrected chi connectivity index (χ4v) is 2.95. The van der Waals surface area contributed by atoms with Crippen molar-refractivity contribution in [1.29, 1.82) is 0 Å². The highest BCUT2D eigenvalue weighted by Crippen LogP contribution is 2.27. The fraction of sp³-hybridized carbons (Fsp3) is 0.286. The van der Waals surface area contributed by atoms with Gasteiger partial charge in [0.05, 0.1) is 10.6 Å². The second-order valence-electron chi connectivity index (χ2n) is 6.64. The summed E-state index contributed by atoms with van der Waals surface area (Å²) in [5, 5.41) is 7.49. The normalized spacial score (nSPS) is 13.2. The molecule has 5 nitrogen and oxygen atoms in total. The first-order valence-electron chi connectivity index (χ1n) is 8.95. The maximum absolute atomic E-state index is 12.7. The van der Waals surface area contributed by atoms with E-state index in [-0.39, 0.29) is 11.8 Å². The number of aromatic nitrogens is 2. The minimum absolute atomic E-state index is 0.114. The van der Waals surface area contributed by atoms with E-state index in [0.717, 1.165) is 17.5 Å². The first-order valence-corrected chi connectivity index (χ1v) is 9.33. The molecule has 0 aliphatic rings. The molecule has 1 aromatic heterocycles. The van der Waals surface area contributed by atoms with Crippen LogP contribution in [0.1, 0.15) is 48.1 Å². The molecule has 6 heteroatoms. The molecule has 2 atom stereocenters. The Balaban J connectivity index is 1.86. The van der Waals surface area contributed by atoms with Gasteiger partial charge in [0.25, 0.3) is 5.91 Å². The number of carbonyl (C=O) groups excluding carboxylic acids is 1. The molecule has 2 aromatic carbocycles. The van der Waals surface area contributed by atoms with Crippen LogP contribution in [0.2, 0.25) is 5.02 Å². The monoisotopic (exact) mass is 383 g/mol. The zero-order valence-corrected chi connectivity index (χ0v) is 16.3. The van der Waals surface area contributed by atoms with Crippen molar-refractivity contribution in [3.63, 3.8) is 0 Å². The molecular weight excluding hydrogens is 362 g/mol. The van der Waals surface area contributed by atoms with Gasteiger partial charge in [0.1, 0.15) is 6.04 Å². The van der Waals surface area contributed by atoms with E-state index < -0.39 is 6.04 Å². The number of hydrogen-bond acceptors (Lipinski definition) is 4. The lowest BCUT2D eigenvalue weighted by Gasteiger charge is -2.21. The van der Waals surface area contributed by atoms with Crippen molar-refractivity contribution < 1.29 is 9.32 Å². The number of nitrogens with one attached hydrogen (secondary N) is 1. The summed E-state index contributed by atoms with van der Waals surface area (Å²) in [5.74, 6) is 0.745. The van der Waals surface area contributed by atoms with Crippen molar-refractivity contribution in [1.82, 2.24) is 15.5 Å². The van der Waals surface area contributed by atoms with Crippen molar-refractivity contribution in [3.05, 3.63) is 70.6 Å². The molecule has 0 aliphatic carbocycles. The first-order chi connectivity index (χ1) is 13.0. The molecular formula is C21H22ClN3O2. The number of benzene rings is 2. The van der Waals surface area contributed by atoms with E-state index in [4.69, 9.17) is 16.1 Å². The summed E-state index contributed by atoms with van der Waals surface area (Å²) in [6, 6.07) is 14.4. The van der Waals surface area contributed by atoms with Crippen LogP contribution >= 0.6 is 11.6 Å². The van der Waals surface area contributed by atoms with Crippen molar-refractivity contribution in [2.75, 3.05) is 0 Å². The Bertz CT molecular complexity index is 921. The van der Waals surface area contributed by atoms with Gasteiger partial charge >= 0.3 is 0 Å². The van der Waals surface area contributed by atoms with Crippen LogP contribution in [0.4, 0.5) is 0 Å². The van der Waals surface area contributed by atoms with Crippen LogP contribution < -0.4 is 5.32 Å². The lowest BCUT2D eigenvalue weighted by molar-refractivity contribution is 0.0910. The SMILES string of the molecule is CCC(C)C(NC(=O)c1ccccc1Cl)c1nc(-c2ccc(C)cc2)no1. The van der Waals surface area contributed by atoms with Crippen LogP contribution in [0.25, 0.3) is 11.4 Å². The summed E-state index contributed by atoms with van der Waals surface area (Å²) in [6.07, 6.45) is 0.843. The molecule has 1 N–H and O–H groups in total. The van der Waals surface area contributed by atoms with Crippen LogP contribution in [-0.2, 0) is 0 Å². The van der Waals surface area contributed by atoms with Gasteiger partial charge in [-0.25, -0.2) is 0 Å². The fourth-order valence-electron chi connectivity index (χ4n) is 2.73. The van der Waals surface area contributed by atoms with Crippen LogP contribution in [0.5, 0.6) is 0 Å². The first kappa shape index (κ1) is 19.1. The number of halogens is 1. The number of rotatable bonds is 6. The largest absolute Gasteiger partial charge is 0.340 e. The number of hydrogen-bond donors (Lipinski definition) is 1. The smallest absolute Gasteiger partial charge is 0.253 e. The second kappa shape index (κ2) is 8.35. The molecule has 1 heterocycles. The molecule has 0 spiro atoms. The molecule has 0 bridgehead atoms. The standard InChI is InChI=1S/C21H22ClN3O2/c1-4-14(3)18(23-20(26)16-7-5-6-8-17(16)22)21-24-19(25-27-21)15-11-9-13(2)10-12-15/h5-12,14,18H,4H2,1-3H3,(H,23,26). The Morgan fingerprint density at radius 1 is 1.19 bits per heavy atom. The average molecular weight is 384 g/mol. The minimum Gasteiger partial charge on any atom is -0.340 e. The van der Waals surface area contributed by atoms with Crippen LogP contribution in [0.15, 0.2) is 53.1 Å². The second-order valence-corrected chi connectivity index (χ2v) is 7.05. The molecule has 0 radical (unpaired) electrons. The molecule has 1 amide bonds. The van der Waals surface area contributed by atoms with Gasteiger partial charge in [-0.2, -0.15) is 4.98 Å². The van der Waals surface area contributed by atoms with E-state index in [1.54, 1.807) is 24.3 Å². The van der Waals surface area contributed by atoms with Gasteiger partial charge in [-0.15, -0.1) is 0 Å². The predicted molar refractivity (Wildman–Crippen MR) is 106 cm³/mol. The van der Waals surface area contributed by atoms with Gasteiger partial charge in [0, 0.05) is 5.56 Å². The number of nitrogens with zero attached hydrogens (tertiary/aromatic N) is 2. The van der Waals surface area contributed by atoms with Crippen molar-refractivity contribution >= 4 is 17.5 Å². The highest BCUT2D eigenvalue weighted by atomic mass is 35.5. The molecule has 3 rings (SSSR count). The van der Waals surface area contributed by atoms with E-state index in [9.17, 15) is 4.79 Å². The summed E-state index contributed by atoms with van der Waals surface area (Å²) in [4.78, 5) is 17.2. The van der Waals surface area contributed by atoms with Crippen LogP contribution in [0, 0.1) is 12.8 Å². The van der Waals surface area contributed by atoms with Crippen molar-refractivity contribution in [2.24, 2.45) is 5.92 Å². The lowest BCUT2D eigenvalue weighted by atomic mass is 9.98. The maximum atomic E-state index is 12.7.